The average molecular weight is 256 g/mol. The second-order valence-electron chi connectivity index (χ2n) is 4.42. The minimum Gasteiger partial charge on any atom is -0.396 e. The standard InChI is InChI=1S/C11H20N4OS/c12-10-6-13-15(7-10)9-11(16)8-14-2-1-4-17-5-3-14/h6-7,11,16H,1-5,8-9,12H2. The number of nitrogen functional groups attached to an aromatic ring is 1. The van der Waals surface area contributed by atoms with Crippen LogP contribution in [0, 0.1) is 0 Å². The smallest absolute Gasteiger partial charge is 0.0862 e. The maximum Gasteiger partial charge on any atom is 0.0862 e. The van der Waals surface area contributed by atoms with E-state index in [0.717, 1.165) is 19.6 Å². The van der Waals surface area contributed by atoms with Crippen molar-refractivity contribution in [3.8, 4) is 0 Å². The molecule has 0 amide bonds. The molecule has 1 aromatic heterocycles. The predicted molar refractivity (Wildman–Crippen MR) is 71.0 cm³/mol. The number of aliphatic hydroxyl groups excluding tert-OH is 1. The SMILES string of the molecule is Nc1cnn(CC(O)CN2CCCSCC2)c1. The highest BCUT2D eigenvalue weighted by atomic mass is 32.2. The Morgan fingerprint density at radius 3 is 3.06 bits per heavy atom. The zero-order chi connectivity index (χ0) is 12.1. The molecule has 5 nitrogen and oxygen atoms in total. The summed E-state index contributed by atoms with van der Waals surface area (Å²) < 4.78 is 1.70. The highest BCUT2D eigenvalue weighted by molar-refractivity contribution is 7.99. The van der Waals surface area contributed by atoms with E-state index in [4.69, 9.17) is 5.73 Å². The van der Waals surface area contributed by atoms with E-state index in [1.54, 1.807) is 17.1 Å². The van der Waals surface area contributed by atoms with Crippen molar-refractivity contribution in [3.05, 3.63) is 12.4 Å². The Morgan fingerprint density at radius 1 is 1.41 bits per heavy atom. The molecular formula is C11H20N4OS. The highest BCUT2D eigenvalue weighted by Gasteiger charge is 2.14. The van der Waals surface area contributed by atoms with Gasteiger partial charge in [-0.1, -0.05) is 0 Å². The minimum absolute atomic E-state index is 0.377. The van der Waals surface area contributed by atoms with Crippen LogP contribution in [0.3, 0.4) is 0 Å². The van der Waals surface area contributed by atoms with Crippen molar-refractivity contribution in [3.63, 3.8) is 0 Å². The van der Waals surface area contributed by atoms with Crippen LogP contribution in [0.25, 0.3) is 0 Å². The third-order valence-electron chi connectivity index (χ3n) is 2.83. The molecule has 1 fully saturated rings. The first-order valence-electron chi connectivity index (χ1n) is 6.00. The number of aliphatic hydroxyl groups is 1. The molecule has 2 rings (SSSR count). The largest absolute Gasteiger partial charge is 0.396 e. The number of nitrogens with two attached hydrogens (primary N) is 1. The first-order valence-corrected chi connectivity index (χ1v) is 7.15. The number of nitrogens with zero attached hydrogens (tertiary/aromatic N) is 3. The summed E-state index contributed by atoms with van der Waals surface area (Å²) in [7, 11) is 0. The number of rotatable bonds is 4. The first-order chi connectivity index (χ1) is 8.24. The van der Waals surface area contributed by atoms with Crippen molar-refractivity contribution in [2.45, 2.75) is 19.1 Å². The second kappa shape index (κ2) is 6.28. The van der Waals surface area contributed by atoms with Crippen molar-refractivity contribution in [1.29, 1.82) is 0 Å². The summed E-state index contributed by atoms with van der Waals surface area (Å²) in [4.78, 5) is 2.33. The van der Waals surface area contributed by atoms with Crippen molar-refractivity contribution < 1.29 is 5.11 Å². The van der Waals surface area contributed by atoms with Crippen LogP contribution in [0.2, 0.25) is 0 Å². The molecule has 0 spiro atoms. The van der Waals surface area contributed by atoms with E-state index in [9.17, 15) is 5.11 Å². The lowest BCUT2D eigenvalue weighted by molar-refractivity contribution is 0.0985. The summed E-state index contributed by atoms with van der Waals surface area (Å²) in [6, 6.07) is 0. The van der Waals surface area contributed by atoms with Crippen molar-refractivity contribution in [2.24, 2.45) is 0 Å². The molecule has 17 heavy (non-hydrogen) atoms. The maximum atomic E-state index is 10.0. The number of thioether (sulfide) groups is 1. The molecule has 0 bridgehead atoms. The molecule has 0 saturated carbocycles. The zero-order valence-corrected chi connectivity index (χ0v) is 10.8. The van der Waals surface area contributed by atoms with Gasteiger partial charge in [-0.3, -0.25) is 9.58 Å². The molecule has 1 aromatic rings. The van der Waals surface area contributed by atoms with E-state index in [2.05, 4.69) is 10.00 Å². The lowest BCUT2D eigenvalue weighted by Gasteiger charge is -2.22. The molecule has 6 heteroatoms. The fourth-order valence-electron chi connectivity index (χ4n) is 2.03. The van der Waals surface area contributed by atoms with E-state index < -0.39 is 0 Å². The third kappa shape index (κ3) is 4.22. The van der Waals surface area contributed by atoms with Crippen LogP contribution in [0.5, 0.6) is 0 Å². The molecule has 0 radical (unpaired) electrons. The molecule has 1 atom stereocenters. The Bertz CT molecular complexity index is 336. The Hall–Kier alpha value is -0.720. The summed E-state index contributed by atoms with van der Waals surface area (Å²) in [6.07, 6.45) is 4.19. The van der Waals surface area contributed by atoms with Crippen LogP contribution >= 0.6 is 11.8 Å². The van der Waals surface area contributed by atoms with Crippen LogP contribution in [0.4, 0.5) is 5.69 Å². The molecule has 3 N–H and O–H groups in total. The monoisotopic (exact) mass is 256 g/mol. The summed E-state index contributed by atoms with van der Waals surface area (Å²) in [6.45, 7) is 3.40. The number of β-amino-alcohol motifs (C(OH)–C–C–N with tert-alkyl or cyclic N) is 1. The van der Waals surface area contributed by atoms with E-state index in [-0.39, 0.29) is 6.10 Å². The topological polar surface area (TPSA) is 67.3 Å². The van der Waals surface area contributed by atoms with Gasteiger partial charge in [-0.15, -0.1) is 0 Å². The van der Waals surface area contributed by atoms with Gasteiger partial charge in [0.1, 0.15) is 0 Å². The molecule has 96 valence electrons. The quantitative estimate of drug-likeness (QED) is 0.809. The van der Waals surface area contributed by atoms with Gasteiger partial charge in [0.15, 0.2) is 0 Å². The molecule has 1 saturated heterocycles. The summed E-state index contributed by atoms with van der Waals surface area (Å²) in [5.74, 6) is 2.41. The van der Waals surface area contributed by atoms with Crippen LogP contribution in [0.15, 0.2) is 12.4 Å². The number of anilines is 1. The van der Waals surface area contributed by atoms with Gasteiger partial charge in [0.25, 0.3) is 0 Å². The Balaban J connectivity index is 1.77. The van der Waals surface area contributed by atoms with Crippen molar-refractivity contribution >= 4 is 17.4 Å². The zero-order valence-electron chi connectivity index (χ0n) is 9.96. The van der Waals surface area contributed by atoms with Gasteiger partial charge < -0.3 is 10.8 Å². The third-order valence-corrected chi connectivity index (χ3v) is 3.88. The van der Waals surface area contributed by atoms with Gasteiger partial charge in [-0.05, 0) is 18.7 Å². The predicted octanol–water partition coefficient (Wildman–Crippen LogP) is 0.265. The fraction of sp³-hybridized carbons (Fsp3) is 0.727. The second-order valence-corrected chi connectivity index (χ2v) is 5.64. The maximum absolute atomic E-state index is 10.0. The normalized spacial score (nSPS) is 20.1. The average Bonchev–Trinajstić information content (AvgIpc) is 2.53. The summed E-state index contributed by atoms with van der Waals surface area (Å²) in [5.41, 5.74) is 6.22. The van der Waals surface area contributed by atoms with Crippen LogP contribution in [-0.2, 0) is 6.54 Å². The van der Waals surface area contributed by atoms with Gasteiger partial charge in [0.2, 0.25) is 0 Å². The van der Waals surface area contributed by atoms with E-state index in [0.29, 0.717) is 12.2 Å². The molecule has 1 unspecified atom stereocenters. The molecule has 2 heterocycles. The first kappa shape index (κ1) is 12.7. The van der Waals surface area contributed by atoms with Crippen LogP contribution < -0.4 is 5.73 Å². The Morgan fingerprint density at radius 2 is 2.29 bits per heavy atom. The molecular weight excluding hydrogens is 236 g/mol. The van der Waals surface area contributed by atoms with E-state index in [1.165, 1.54) is 17.9 Å². The lowest BCUT2D eigenvalue weighted by atomic mass is 10.3. The Labute approximate surface area is 106 Å². The summed E-state index contributed by atoms with van der Waals surface area (Å²) in [5, 5.41) is 14.1. The van der Waals surface area contributed by atoms with Gasteiger partial charge >= 0.3 is 0 Å². The minimum atomic E-state index is -0.377. The van der Waals surface area contributed by atoms with Crippen LogP contribution in [-0.4, -0.2) is 57.0 Å². The summed E-state index contributed by atoms with van der Waals surface area (Å²) >= 11 is 2.00. The van der Waals surface area contributed by atoms with Crippen molar-refractivity contribution in [2.75, 3.05) is 36.9 Å². The fourth-order valence-corrected chi connectivity index (χ4v) is 2.96. The van der Waals surface area contributed by atoms with Gasteiger partial charge in [-0.2, -0.15) is 16.9 Å². The number of hydrogen-bond acceptors (Lipinski definition) is 5. The van der Waals surface area contributed by atoms with Crippen LogP contribution in [0.1, 0.15) is 6.42 Å². The number of aromatic nitrogens is 2. The lowest BCUT2D eigenvalue weighted by Crippen LogP contribution is -2.36. The van der Waals surface area contributed by atoms with Gasteiger partial charge in [0.05, 0.1) is 24.5 Å². The number of hydrogen-bond donors (Lipinski definition) is 2. The van der Waals surface area contributed by atoms with Crippen molar-refractivity contribution in [1.82, 2.24) is 14.7 Å². The van der Waals surface area contributed by atoms with E-state index >= 15 is 0 Å². The molecule has 1 aliphatic heterocycles. The molecule has 0 aromatic carbocycles. The van der Waals surface area contributed by atoms with Gasteiger partial charge in [-0.25, -0.2) is 0 Å². The Kier molecular flexibility index (Phi) is 4.70. The molecule has 1 aliphatic rings. The highest BCUT2D eigenvalue weighted by Crippen LogP contribution is 2.10. The molecule has 0 aliphatic carbocycles. The van der Waals surface area contributed by atoms with Gasteiger partial charge in [0, 0.05) is 25.0 Å². The van der Waals surface area contributed by atoms with E-state index in [1.807, 2.05) is 11.8 Å².